The molecule has 0 spiro atoms. The smallest absolute Gasteiger partial charge is 0.303 e. The number of carboxylic acid groups (broad SMARTS) is 1. The first kappa shape index (κ1) is 15.5. The fraction of sp³-hybridized carbons (Fsp3) is 0.312. The lowest BCUT2D eigenvalue weighted by atomic mass is 10.1. The molecule has 1 aliphatic rings. The summed E-state index contributed by atoms with van der Waals surface area (Å²) in [5, 5.41) is 16.5. The normalized spacial score (nSPS) is 17.3. The molecule has 3 heterocycles. The maximum Gasteiger partial charge on any atom is 0.303 e. The molecule has 2 aromatic heterocycles. The van der Waals surface area contributed by atoms with Crippen molar-refractivity contribution in [3.8, 4) is 0 Å². The number of carbonyl (C=O) groups is 2. The molecule has 0 saturated heterocycles. The van der Waals surface area contributed by atoms with Crippen molar-refractivity contribution < 1.29 is 19.1 Å². The minimum absolute atomic E-state index is 0.0766. The Morgan fingerprint density at radius 1 is 1.39 bits per heavy atom. The van der Waals surface area contributed by atoms with Gasteiger partial charge in [-0.15, -0.1) is 11.3 Å². The van der Waals surface area contributed by atoms with Gasteiger partial charge >= 0.3 is 5.97 Å². The van der Waals surface area contributed by atoms with E-state index < -0.39 is 5.97 Å². The fourth-order valence-electron chi connectivity index (χ4n) is 2.51. The van der Waals surface area contributed by atoms with E-state index in [0.717, 1.165) is 16.3 Å². The number of nitrogens with zero attached hydrogens (tertiary/aromatic N) is 2. The first-order valence-electron chi connectivity index (χ1n) is 7.26. The lowest BCUT2D eigenvalue weighted by molar-refractivity contribution is -0.141. The number of furan rings is 1. The summed E-state index contributed by atoms with van der Waals surface area (Å²) in [4.78, 5) is 24.1. The topological polar surface area (TPSA) is 83.1 Å². The van der Waals surface area contributed by atoms with Crippen molar-refractivity contribution >= 4 is 28.9 Å². The van der Waals surface area contributed by atoms with Crippen molar-refractivity contribution in [2.24, 2.45) is 5.10 Å². The molecule has 2 aromatic rings. The predicted molar refractivity (Wildman–Crippen MR) is 85.4 cm³/mol. The molecule has 120 valence electrons. The SMILES string of the molecule is Cc1ccc(C2CC(c3cccs3)=NN2C(=O)CCC(=O)O)o1. The Balaban J connectivity index is 1.86. The second-order valence-electron chi connectivity index (χ2n) is 5.32. The molecule has 0 radical (unpaired) electrons. The van der Waals surface area contributed by atoms with Gasteiger partial charge in [-0.3, -0.25) is 9.59 Å². The van der Waals surface area contributed by atoms with Gasteiger partial charge in [-0.05, 0) is 30.5 Å². The average Bonchev–Trinajstić information content (AvgIpc) is 3.23. The Kier molecular flexibility index (Phi) is 4.29. The van der Waals surface area contributed by atoms with Gasteiger partial charge < -0.3 is 9.52 Å². The first-order chi connectivity index (χ1) is 11.0. The summed E-state index contributed by atoms with van der Waals surface area (Å²) in [5.74, 6) is 0.132. The van der Waals surface area contributed by atoms with Crippen LogP contribution in [0.5, 0.6) is 0 Å². The van der Waals surface area contributed by atoms with Crippen LogP contribution in [0.2, 0.25) is 0 Å². The van der Waals surface area contributed by atoms with E-state index in [0.29, 0.717) is 12.2 Å². The number of aliphatic carboxylic acids is 1. The van der Waals surface area contributed by atoms with E-state index in [1.54, 1.807) is 11.3 Å². The average molecular weight is 332 g/mol. The van der Waals surface area contributed by atoms with E-state index in [1.807, 2.05) is 36.6 Å². The van der Waals surface area contributed by atoms with Gasteiger partial charge in [0.1, 0.15) is 17.6 Å². The van der Waals surface area contributed by atoms with Crippen LogP contribution in [0.25, 0.3) is 0 Å². The van der Waals surface area contributed by atoms with E-state index in [9.17, 15) is 9.59 Å². The summed E-state index contributed by atoms with van der Waals surface area (Å²) in [6.45, 7) is 1.84. The van der Waals surface area contributed by atoms with Gasteiger partial charge in [0.15, 0.2) is 0 Å². The molecule has 1 aliphatic heterocycles. The summed E-state index contributed by atoms with van der Waals surface area (Å²) in [7, 11) is 0. The monoisotopic (exact) mass is 332 g/mol. The number of thiophene rings is 1. The van der Waals surface area contributed by atoms with Crippen molar-refractivity contribution in [2.45, 2.75) is 32.2 Å². The number of amides is 1. The van der Waals surface area contributed by atoms with E-state index in [2.05, 4.69) is 5.10 Å². The Morgan fingerprint density at radius 2 is 2.22 bits per heavy atom. The van der Waals surface area contributed by atoms with E-state index in [1.165, 1.54) is 5.01 Å². The van der Waals surface area contributed by atoms with Crippen molar-refractivity contribution in [3.63, 3.8) is 0 Å². The Morgan fingerprint density at radius 3 is 2.83 bits per heavy atom. The van der Waals surface area contributed by atoms with Gasteiger partial charge in [-0.1, -0.05) is 6.07 Å². The molecule has 0 aromatic carbocycles. The molecule has 0 bridgehead atoms. The molecule has 0 aliphatic carbocycles. The summed E-state index contributed by atoms with van der Waals surface area (Å²) in [5.41, 5.74) is 0.822. The number of hydrogen-bond acceptors (Lipinski definition) is 5. The Labute approximate surface area is 137 Å². The first-order valence-corrected chi connectivity index (χ1v) is 8.14. The maximum atomic E-state index is 12.4. The highest BCUT2D eigenvalue weighted by Gasteiger charge is 2.35. The third-order valence-electron chi connectivity index (χ3n) is 3.61. The summed E-state index contributed by atoms with van der Waals surface area (Å²) < 4.78 is 5.66. The van der Waals surface area contributed by atoms with Crippen LogP contribution < -0.4 is 0 Å². The van der Waals surface area contributed by atoms with Crippen LogP contribution in [0.3, 0.4) is 0 Å². The van der Waals surface area contributed by atoms with Crippen LogP contribution in [0, 0.1) is 6.92 Å². The third kappa shape index (κ3) is 3.34. The standard InChI is InChI=1S/C16H16N2O4S/c1-10-4-5-13(22-10)12-9-11(14-3-2-8-23-14)17-18(12)15(19)6-7-16(20)21/h2-5,8,12H,6-7,9H2,1H3,(H,20,21). The number of carbonyl (C=O) groups excluding carboxylic acids is 1. The van der Waals surface area contributed by atoms with Gasteiger partial charge in [0.2, 0.25) is 5.91 Å². The highest BCUT2D eigenvalue weighted by molar-refractivity contribution is 7.12. The predicted octanol–water partition coefficient (Wildman–Crippen LogP) is 3.19. The number of aryl methyl sites for hydroxylation is 1. The maximum absolute atomic E-state index is 12.4. The van der Waals surface area contributed by atoms with Gasteiger partial charge in [0.05, 0.1) is 17.0 Å². The second kappa shape index (κ2) is 6.37. The third-order valence-corrected chi connectivity index (χ3v) is 4.53. The molecular formula is C16H16N2O4S. The van der Waals surface area contributed by atoms with E-state index >= 15 is 0 Å². The van der Waals surface area contributed by atoms with Crippen molar-refractivity contribution in [3.05, 3.63) is 46.0 Å². The number of rotatable bonds is 5. The van der Waals surface area contributed by atoms with Crippen molar-refractivity contribution in [2.75, 3.05) is 0 Å². The van der Waals surface area contributed by atoms with Gasteiger partial charge in [0, 0.05) is 12.8 Å². The quantitative estimate of drug-likeness (QED) is 0.911. The van der Waals surface area contributed by atoms with E-state index in [4.69, 9.17) is 9.52 Å². The molecule has 23 heavy (non-hydrogen) atoms. The lowest BCUT2D eigenvalue weighted by Gasteiger charge is -2.19. The zero-order valence-corrected chi connectivity index (χ0v) is 13.4. The second-order valence-corrected chi connectivity index (χ2v) is 6.27. The zero-order chi connectivity index (χ0) is 16.4. The molecule has 1 atom stereocenters. The van der Waals surface area contributed by atoms with E-state index in [-0.39, 0.29) is 24.8 Å². The Bertz CT molecular complexity index is 748. The van der Waals surface area contributed by atoms with Gasteiger partial charge in [0.25, 0.3) is 0 Å². The largest absolute Gasteiger partial charge is 0.481 e. The number of hydrogen-bond donors (Lipinski definition) is 1. The molecule has 6 nitrogen and oxygen atoms in total. The molecule has 3 rings (SSSR count). The molecule has 1 amide bonds. The number of carboxylic acids is 1. The molecule has 0 fully saturated rings. The summed E-state index contributed by atoms with van der Waals surface area (Å²) in [6.07, 6.45) is 0.280. The minimum Gasteiger partial charge on any atom is -0.481 e. The van der Waals surface area contributed by atoms with Crippen molar-refractivity contribution in [1.82, 2.24) is 5.01 Å². The fourth-order valence-corrected chi connectivity index (χ4v) is 3.24. The van der Waals surface area contributed by atoms with Crippen LogP contribution in [-0.2, 0) is 9.59 Å². The van der Waals surface area contributed by atoms with Crippen LogP contribution >= 0.6 is 11.3 Å². The lowest BCUT2D eigenvalue weighted by Crippen LogP contribution is -2.27. The highest BCUT2D eigenvalue weighted by atomic mass is 32.1. The molecule has 0 saturated carbocycles. The zero-order valence-electron chi connectivity index (χ0n) is 12.6. The Hall–Kier alpha value is -2.41. The van der Waals surface area contributed by atoms with Crippen molar-refractivity contribution in [1.29, 1.82) is 0 Å². The molecule has 1 N–H and O–H groups in total. The highest BCUT2D eigenvalue weighted by Crippen LogP contribution is 2.35. The summed E-state index contributed by atoms with van der Waals surface area (Å²) >= 11 is 1.56. The minimum atomic E-state index is -0.995. The van der Waals surface area contributed by atoms with Crippen LogP contribution in [0.1, 0.15) is 41.7 Å². The molecular weight excluding hydrogens is 316 g/mol. The van der Waals surface area contributed by atoms with Crippen LogP contribution in [0.4, 0.5) is 0 Å². The molecule has 7 heteroatoms. The summed E-state index contributed by atoms with van der Waals surface area (Å²) in [6, 6.07) is 7.26. The molecule has 1 unspecified atom stereocenters. The van der Waals surface area contributed by atoms with Gasteiger partial charge in [-0.2, -0.15) is 5.10 Å². The number of hydrazone groups is 1. The van der Waals surface area contributed by atoms with Gasteiger partial charge in [-0.25, -0.2) is 5.01 Å². The van der Waals surface area contributed by atoms with Crippen LogP contribution in [0.15, 0.2) is 39.2 Å². The van der Waals surface area contributed by atoms with Crippen LogP contribution in [-0.4, -0.2) is 27.7 Å².